The summed E-state index contributed by atoms with van der Waals surface area (Å²) in [7, 11) is 1.83. The SMILES string of the molecule is CC(C)CN=C(NN)N(C)c1ccc(F)cc1. The quantitative estimate of drug-likeness (QED) is 0.365. The summed E-state index contributed by atoms with van der Waals surface area (Å²) in [5, 5.41) is 0. The van der Waals surface area contributed by atoms with E-state index in [1.807, 2.05) is 7.05 Å². The van der Waals surface area contributed by atoms with E-state index in [4.69, 9.17) is 5.84 Å². The van der Waals surface area contributed by atoms with Crippen molar-refractivity contribution in [3.05, 3.63) is 30.1 Å². The number of hydrogen-bond donors (Lipinski definition) is 2. The molecule has 0 saturated heterocycles. The van der Waals surface area contributed by atoms with Crippen LogP contribution in [0.1, 0.15) is 13.8 Å². The first-order valence-corrected chi connectivity index (χ1v) is 5.55. The number of halogens is 1. The van der Waals surface area contributed by atoms with Crippen molar-refractivity contribution in [2.24, 2.45) is 16.8 Å². The van der Waals surface area contributed by atoms with Crippen molar-refractivity contribution >= 4 is 11.6 Å². The van der Waals surface area contributed by atoms with Gasteiger partial charge in [-0.15, -0.1) is 0 Å². The second-order valence-corrected chi connectivity index (χ2v) is 4.24. The number of hydrogen-bond acceptors (Lipinski definition) is 2. The molecule has 0 radical (unpaired) electrons. The summed E-state index contributed by atoms with van der Waals surface area (Å²) in [6.45, 7) is 4.84. The van der Waals surface area contributed by atoms with Gasteiger partial charge in [-0.2, -0.15) is 0 Å². The Bertz CT molecular complexity index is 373. The molecule has 0 aromatic heterocycles. The Hall–Kier alpha value is -1.62. The van der Waals surface area contributed by atoms with Crippen LogP contribution in [-0.4, -0.2) is 19.6 Å². The van der Waals surface area contributed by atoms with Gasteiger partial charge < -0.3 is 4.90 Å². The van der Waals surface area contributed by atoms with Crippen LogP contribution in [0.25, 0.3) is 0 Å². The lowest BCUT2D eigenvalue weighted by Crippen LogP contribution is -2.43. The number of rotatable bonds is 3. The maximum atomic E-state index is 12.8. The molecule has 94 valence electrons. The number of nitrogens with zero attached hydrogens (tertiary/aromatic N) is 2. The molecule has 0 saturated carbocycles. The van der Waals surface area contributed by atoms with E-state index in [1.165, 1.54) is 12.1 Å². The van der Waals surface area contributed by atoms with Gasteiger partial charge in [0.05, 0.1) is 0 Å². The molecule has 4 nitrogen and oxygen atoms in total. The van der Waals surface area contributed by atoms with Gasteiger partial charge in [0.25, 0.3) is 0 Å². The highest BCUT2D eigenvalue weighted by atomic mass is 19.1. The lowest BCUT2D eigenvalue weighted by molar-refractivity contribution is 0.628. The third kappa shape index (κ3) is 4.03. The maximum absolute atomic E-state index is 12.8. The van der Waals surface area contributed by atoms with E-state index in [2.05, 4.69) is 24.3 Å². The molecule has 1 aromatic rings. The summed E-state index contributed by atoms with van der Waals surface area (Å²) >= 11 is 0. The van der Waals surface area contributed by atoms with Crippen LogP contribution in [0.3, 0.4) is 0 Å². The Morgan fingerprint density at radius 3 is 2.47 bits per heavy atom. The molecule has 0 aliphatic rings. The molecule has 0 aliphatic heterocycles. The molecule has 0 aliphatic carbocycles. The molecule has 0 fully saturated rings. The van der Waals surface area contributed by atoms with E-state index in [0.29, 0.717) is 18.4 Å². The Morgan fingerprint density at radius 2 is 2.00 bits per heavy atom. The standard InChI is InChI=1S/C12H19FN4/c1-9(2)8-15-12(16-14)17(3)11-6-4-10(13)5-7-11/h4-7,9H,8,14H2,1-3H3,(H,15,16). The Morgan fingerprint density at radius 1 is 1.41 bits per heavy atom. The normalized spacial score (nSPS) is 11.8. The first kappa shape index (κ1) is 13.4. The Labute approximate surface area is 101 Å². The lowest BCUT2D eigenvalue weighted by Gasteiger charge is -2.21. The second-order valence-electron chi connectivity index (χ2n) is 4.24. The van der Waals surface area contributed by atoms with Gasteiger partial charge in [-0.3, -0.25) is 10.4 Å². The molecule has 0 bridgehead atoms. The van der Waals surface area contributed by atoms with E-state index < -0.39 is 0 Å². The fourth-order valence-corrected chi connectivity index (χ4v) is 1.30. The summed E-state index contributed by atoms with van der Waals surface area (Å²) in [4.78, 5) is 6.13. The molecule has 0 heterocycles. The molecule has 0 atom stereocenters. The first-order valence-electron chi connectivity index (χ1n) is 5.55. The minimum atomic E-state index is -0.261. The van der Waals surface area contributed by atoms with Crippen molar-refractivity contribution < 1.29 is 4.39 Å². The number of guanidine groups is 1. The van der Waals surface area contributed by atoms with Crippen molar-refractivity contribution in [1.82, 2.24) is 5.43 Å². The number of aliphatic imine (C=N–C) groups is 1. The fraction of sp³-hybridized carbons (Fsp3) is 0.417. The highest BCUT2D eigenvalue weighted by molar-refractivity contribution is 5.95. The number of nitrogens with one attached hydrogen (secondary N) is 1. The highest BCUT2D eigenvalue weighted by Gasteiger charge is 2.07. The van der Waals surface area contributed by atoms with Crippen molar-refractivity contribution in [2.45, 2.75) is 13.8 Å². The van der Waals surface area contributed by atoms with Crippen LogP contribution < -0.4 is 16.2 Å². The zero-order chi connectivity index (χ0) is 12.8. The maximum Gasteiger partial charge on any atom is 0.212 e. The van der Waals surface area contributed by atoms with Crippen LogP contribution in [0.5, 0.6) is 0 Å². The summed E-state index contributed by atoms with van der Waals surface area (Å²) in [6.07, 6.45) is 0. The van der Waals surface area contributed by atoms with Crippen LogP contribution in [-0.2, 0) is 0 Å². The molecule has 1 rings (SSSR count). The van der Waals surface area contributed by atoms with Gasteiger partial charge in [-0.1, -0.05) is 13.8 Å². The third-order valence-electron chi connectivity index (χ3n) is 2.27. The predicted octanol–water partition coefficient (Wildman–Crippen LogP) is 1.74. The van der Waals surface area contributed by atoms with Gasteiger partial charge in [0.15, 0.2) is 0 Å². The number of hydrazine groups is 1. The van der Waals surface area contributed by atoms with E-state index in [-0.39, 0.29) is 5.82 Å². The third-order valence-corrected chi connectivity index (χ3v) is 2.27. The van der Waals surface area contributed by atoms with E-state index >= 15 is 0 Å². The topological polar surface area (TPSA) is 53.6 Å². The molecule has 0 spiro atoms. The average Bonchev–Trinajstić information content (AvgIpc) is 2.30. The fourth-order valence-electron chi connectivity index (χ4n) is 1.30. The molecule has 3 N–H and O–H groups in total. The zero-order valence-electron chi connectivity index (χ0n) is 10.4. The van der Waals surface area contributed by atoms with E-state index in [0.717, 1.165) is 5.69 Å². The van der Waals surface area contributed by atoms with Gasteiger partial charge >= 0.3 is 0 Å². The first-order chi connectivity index (χ1) is 8.04. The summed E-state index contributed by atoms with van der Waals surface area (Å²) in [5.41, 5.74) is 3.38. The largest absolute Gasteiger partial charge is 0.315 e. The van der Waals surface area contributed by atoms with Gasteiger partial charge in [0.1, 0.15) is 5.82 Å². The smallest absolute Gasteiger partial charge is 0.212 e. The van der Waals surface area contributed by atoms with Crippen molar-refractivity contribution in [1.29, 1.82) is 0 Å². The van der Waals surface area contributed by atoms with Gasteiger partial charge in [-0.25, -0.2) is 10.2 Å². The molecule has 0 amide bonds. The molecule has 1 aromatic carbocycles. The van der Waals surface area contributed by atoms with Crippen molar-refractivity contribution in [2.75, 3.05) is 18.5 Å². The van der Waals surface area contributed by atoms with E-state index in [1.54, 1.807) is 17.0 Å². The van der Waals surface area contributed by atoms with Crippen LogP contribution in [0, 0.1) is 11.7 Å². The molecular formula is C12H19FN4. The Kier molecular flexibility index (Phi) is 4.90. The van der Waals surface area contributed by atoms with Crippen LogP contribution >= 0.6 is 0 Å². The zero-order valence-corrected chi connectivity index (χ0v) is 10.4. The average molecular weight is 238 g/mol. The van der Waals surface area contributed by atoms with Gasteiger partial charge in [-0.05, 0) is 30.2 Å². The summed E-state index contributed by atoms with van der Waals surface area (Å²) in [6, 6.07) is 6.17. The van der Waals surface area contributed by atoms with E-state index in [9.17, 15) is 4.39 Å². The molecule has 17 heavy (non-hydrogen) atoms. The highest BCUT2D eigenvalue weighted by Crippen LogP contribution is 2.13. The predicted molar refractivity (Wildman–Crippen MR) is 69.3 cm³/mol. The minimum Gasteiger partial charge on any atom is -0.315 e. The second kappa shape index (κ2) is 6.20. The van der Waals surface area contributed by atoms with Crippen molar-refractivity contribution in [3.8, 4) is 0 Å². The van der Waals surface area contributed by atoms with Gasteiger partial charge in [0, 0.05) is 19.3 Å². The lowest BCUT2D eigenvalue weighted by atomic mass is 10.2. The Balaban J connectivity index is 2.82. The van der Waals surface area contributed by atoms with Crippen LogP contribution in [0.4, 0.5) is 10.1 Å². The number of benzene rings is 1. The van der Waals surface area contributed by atoms with Crippen LogP contribution in [0.15, 0.2) is 29.3 Å². The number of anilines is 1. The van der Waals surface area contributed by atoms with Crippen molar-refractivity contribution in [3.63, 3.8) is 0 Å². The monoisotopic (exact) mass is 238 g/mol. The van der Waals surface area contributed by atoms with Gasteiger partial charge in [0.2, 0.25) is 5.96 Å². The molecule has 5 heteroatoms. The molecule has 0 unspecified atom stereocenters. The molecular weight excluding hydrogens is 219 g/mol. The van der Waals surface area contributed by atoms with Crippen LogP contribution in [0.2, 0.25) is 0 Å². The minimum absolute atomic E-state index is 0.261. The summed E-state index contributed by atoms with van der Waals surface area (Å²) < 4.78 is 12.8. The summed E-state index contributed by atoms with van der Waals surface area (Å²) in [5.74, 6) is 6.19. The number of nitrogens with two attached hydrogens (primary N) is 1.